The highest BCUT2D eigenvalue weighted by molar-refractivity contribution is 5.42. The van der Waals surface area contributed by atoms with E-state index in [2.05, 4.69) is 4.99 Å². The van der Waals surface area contributed by atoms with Gasteiger partial charge in [-0.25, -0.2) is 4.79 Å². The van der Waals surface area contributed by atoms with E-state index in [4.69, 9.17) is 9.47 Å². The summed E-state index contributed by atoms with van der Waals surface area (Å²) in [6.07, 6.45) is 3.58. The first-order valence-electron chi connectivity index (χ1n) is 5.73. The maximum atomic E-state index is 10.4. The Bertz CT molecular complexity index is 452. The maximum Gasteiger partial charge on any atom is 0.235 e. The van der Waals surface area contributed by atoms with Crippen molar-refractivity contribution in [2.24, 2.45) is 4.99 Å². The van der Waals surface area contributed by atoms with Crippen molar-refractivity contribution in [2.75, 3.05) is 13.4 Å². The first-order chi connectivity index (χ1) is 8.34. The lowest BCUT2D eigenvalue weighted by Gasteiger charge is -2.11. The summed E-state index contributed by atoms with van der Waals surface area (Å²) >= 11 is 0. The third-order valence-electron chi connectivity index (χ3n) is 3.42. The number of aliphatic imine (C=N–C) groups is 1. The molecule has 1 heterocycles. The van der Waals surface area contributed by atoms with Crippen molar-refractivity contribution in [1.29, 1.82) is 0 Å². The minimum absolute atomic E-state index is 0.0359. The zero-order valence-corrected chi connectivity index (χ0v) is 9.39. The summed E-state index contributed by atoms with van der Waals surface area (Å²) in [5, 5.41) is 0. The molecular weight excluding hydrogens is 218 g/mol. The van der Waals surface area contributed by atoms with E-state index in [0.29, 0.717) is 13.4 Å². The number of benzene rings is 1. The Morgan fingerprint density at radius 2 is 2.06 bits per heavy atom. The van der Waals surface area contributed by atoms with Crippen molar-refractivity contribution in [2.45, 2.75) is 24.5 Å². The van der Waals surface area contributed by atoms with Crippen LogP contribution in [0.25, 0.3) is 0 Å². The van der Waals surface area contributed by atoms with E-state index in [1.165, 1.54) is 0 Å². The molecule has 4 heteroatoms. The van der Waals surface area contributed by atoms with E-state index in [1.807, 2.05) is 24.3 Å². The summed E-state index contributed by atoms with van der Waals surface area (Å²) in [5.74, 6) is 0. The van der Waals surface area contributed by atoms with Crippen LogP contribution in [0.3, 0.4) is 0 Å². The van der Waals surface area contributed by atoms with Gasteiger partial charge in [-0.3, -0.25) is 0 Å². The van der Waals surface area contributed by atoms with Crippen molar-refractivity contribution >= 4 is 6.08 Å². The molecule has 0 aromatic heterocycles. The summed E-state index contributed by atoms with van der Waals surface area (Å²) in [5.41, 5.74) is 1.91. The van der Waals surface area contributed by atoms with E-state index >= 15 is 0 Å². The van der Waals surface area contributed by atoms with Gasteiger partial charge in [-0.05, 0) is 24.0 Å². The molecule has 2 fully saturated rings. The van der Waals surface area contributed by atoms with Crippen LogP contribution >= 0.6 is 0 Å². The van der Waals surface area contributed by atoms with Crippen LogP contribution in [0.1, 0.15) is 30.1 Å². The quantitative estimate of drug-likeness (QED) is 0.591. The number of isocyanates is 1. The van der Waals surface area contributed by atoms with E-state index in [0.717, 1.165) is 24.0 Å². The molecule has 0 radical (unpaired) electrons. The van der Waals surface area contributed by atoms with Crippen LogP contribution in [0.2, 0.25) is 0 Å². The molecule has 0 amide bonds. The standard InChI is InChI=1S/C13H13NO3/c15-8-14-13(5-6-13)11-3-1-10(2-4-11)12-7-16-9-17-12/h1-4,12H,5-7,9H2. The molecule has 1 atom stereocenters. The number of rotatable bonds is 3. The Kier molecular flexibility index (Phi) is 2.56. The highest BCUT2D eigenvalue weighted by Crippen LogP contribution is 2.49. The monoisotopic (exact) mass is 231 g/mol. The molecule has 1 unspecified atom stereocenters. The van der Waals surface area contributed by atoms with Crippen LogP contribution in [0.4, 0.5) is 0 Å². The van der Waals surface area contributed by atoms with Gasteiger partial charge in [0.05, 0.1) is 12.1 Å². The van der Waals surface area contributed by atoms with Crippen LogP contribution < -0.4 is 0 Å². The Morgan fingerprint density at radius 3 is 2.59 bits per heavy atom. The third-order valence-corrected chi connectivity index (χ3v) is 3.42. The first kappa shape index (κ1) is 10.7. The molecule has 1 saturated heterocycles. The molecule has 17 heavy (non-hydrogen) atoms. The Labute approximate surface area is 99.3 Å². The zero-order valence-electron chi connectivity index (χ0n) is 9.39. The summed E-state index contributed by atoms with van der Waals surface area (Å²) < 4.78 is 10.6. The van der Waals surface area contributed by atoms with Crippen LogP contribution in [-0.2, 0) is 19.8 Å². The normalized spacial score (nSPS) is 25.3. The summed E-state index contributed by atoms with van der Waals surface area (Å²) in [6.45, 7) is 0.975. The van der Waals surface area contributed by atoms with Gasteiger partial charge in [0.1, 0.15) is 12.9 Å². The van der Waals surface area contributed by atoms with Gasteiger partial charge in [-0.15, -0.1) is 0 Å². The number of hydrogen-bond acceptors (Lipinski definition) is 4. The molecule has 3 rings (SSSR count). The number of hydrogen-bond donors (Lipinski definition) is 0. The molecule has 0 N–H and O–H groups in total. The second-order valence-corrected chi connectivity index (χ2v) is 4.50. The molecule has 1 aliphatic carbocycles. The van der Waals surface area contributed by atoms with E-state index in [-0.39, 0.29) is 11.6 Å². The third kappa shape index (κ3) is 1.91. The van der Waals surface area contributed by atoms with Gasteiger partial charge < -0.3 is 9.47 Å². The Balaban J connectivity index is 1.82. The summed E-state index contributed by atoms with van der Waals surface area (Å²) in [4.78, 5) is 14.3. The van der Waals surface area contributed by atoms with Crippen molar-refractivity contribution in [3.63, 3.8) is 0 Å². The largest absolute Gasteiger partial charge is 0.352 e. The molecule has 1 aliphatic heterocycles. The van der Waals surface area contributed by atoms with Gasteiger partial charge in [-0.2, -0.15) is 4.99 Å². The zero-order chi connectivity index (χ0) is 11.7. The predicted octanol–water partition coefficient (Wildman–Crippen LogP) is 2.06. The second kappa shape index (κ2) is 4.08. The van der Waals surface area contributed by atoms with Crippen LogP contribution in [0.5, 0.6) is 0 Å². The van der Waals surface area contributed by atoms with E-state index in [1.54, 1.807) is 6.08 Å². The van der Waals surface area contributed by atoms with Gasteiger partial charge in [-0.1, -0.05) is 24.3 Å². The van der Waals surface area contributed by atoms with Gasteiger partial charge in [0.2, 0.25) is 6.08 Å². The lowest BCUT2D eigenvalue weighted by molar-refractivity contribution is 0.0466. The molecule has 1 aromatic carbocycles. The summed E-state index contributed by atoms with van der Waals surface area (Å²) in [7, 11) is 0. The number of ether oxygens (including phenoxy) is 2. The van der Waals surface area contributed by atoms with Gasteiger partial charge in [0.15, 0.2) is 0 Å². The van der Waals surface area contributed by atoms with Crippen LogP contribution in [0.15, 0.2) is 29.3 Å². The van der Waals surface area contributed by atoms with E-state index in [9.17, 15) is 4.79 Å². The molecule has 88 valence electrons. The van der Waals surface area contributed by atoms with Crippen molar-refractivity contribution < 1.29 is 14.3 Å². The lowest BCUT2D eigenvalue weighted by Crippen LogP contribution is -2.04. The molecule has 2 aliphatic rings. The lowest BCUT2D eigenvalue weighted by atomic mass is 10.0. The first-order valence-corrected chi connectivity index (χ1v) is 5.73. The summed E-state index contributed by atoms with van der Waals surface area (Å²) in [6, 6.07) is 8.08. The smallest absolute Gasteiger partial charge is 0.235 e. The fraction of sp³-hybridized carbons (Fsp3) is 0.462. The fourth-order valence-electron chi connectivity index (χ4n) is 2.20. The van der Waals surface area contributed by atoms with Gasteiger partial charge >= 0.3 is 0 Å². The topological polar surface area (TPSA) is 47.9 Å². The van der Waals surface area contributed by atoms with Crippen molar-refractivity contribution in [3.8, 4) is 0 Å². The number of carbonyl (C=O) groups excluding carboxylic acids is 1. The highest BCUT2D eigenvalue weighted by Gasteiger charge is 2.44. The Morgan fingerprint density at radius 1 is 1.29 bits per heavy atom. The average Bonchev–Trinajstić information content (AvgIpc) is 2.94. The van der Waals surface area contributed by atoms with Gasteiger partial charge in [0.25, 0.3) is 0 Å². The van der Waals surface area contributed by atoms with E-state index < -0.39 is 0 Å². The molecule has 0 spiro atoms. The van der Waals surface area contributed by atoms with Crippen molar-refractivity contribution in [3.05, 3.63) is 35.4 Å². The SMILES string of the molecule is O=C=NC1(c2ccc(C3COCO3)cc2)CC1. The second-order valence-electron chi connectivity index (χ2n) is 4.50. The Hall–Kier alpha value is -1.48. The van der Waals surface area contributed by atoms with Crippen molar-refractivity contribution in [1.82, 2.24) is 0 Å². The van der Waals surface area contributed by atoms with Crippen LogP contribution in [0, 0.1) is 0 Å². The predicted molar refractivity (Wildman–Crippen MR) is 60.1 cm³/mol. The molecular formula is C13H13NO3. The average molecular weight is 231 g/mol. The molecule has 0 bridgehead atoms. The fourth-order valence-corrected chi connectivity index (χ4v) is 2.20. The van der Waals surface area contributed by atoms with Crippen LogP contribution in [-0.4, -0.2) is 19.5 Å². The minimum Gasteiger partial charge on any atom is -0.352 e. The molecule has 4 nitrogen and oxygen atoms in total. The number of nitrogens with zero attached hydrogens (tertiary/aromatic N) is 1. The highest BCUT2D eigenvalue weighted by atomic mass is 16.7. The molecule has 1 saturated carbocycles. The van der Waals surface area contributed by atoms with Gasteiger partial charge in [0, 0.05) is 0 Å². The molecule has 1 aromatic rings. The maximum absolute atomic E-state index is 10.4. The minimum atomic E-state index is -0.284.